The summed E-state index contributed by atoms with van der Waals surface area (Å²) >= 11 is 0. The summed E-state index contributed by atoms with van der Waals surface area (Å²) in [6.07, 6.45) is 12.1. The number of carbonyl (C=O) groups excluding carboxylic acids is 1. The number of hydrogen-bond donors (Lipinski definition) is 2. The minimum absolute atomic E-state index is 0.0210. The second kappa shape index (κ2) is 9.59. The Hall–Kier alpha value is -1.32. The molecule has 0 aromatic carbocycles. The number of H-pyrrole nitrogens is 1. The van der Waals surface area contributed by atoms with E-state index in [1.54, 1.807) is 6.20 Å². The second-order valence-corrected chi connectivity index (χ2v) is 5.10. The predicted octanol–water partition coefficient (Wildman–Crippen LogP) is 4.16. The number of hydrogen-bond acceptors (Lipinski definition) is 3. The highest BCUT2D eigenvalue weighted by atomic mass is 16.1. The smallest absolute Gasteiger partial charge is 0.200 e. The van der Waals surface area contributed by atoms with Crippen molar-refractivity contribution in [1.82, 2.24) is 9.97 Å². The molecule has 19 heavy (non-hydrogen) atoms. The fourth-order valence-corrected chi connectivity index (χ4v) is 2.06. The molecule has 4 nitrogen and oxygen atoms in total. The van der Waals surface area contributed by atoms with Crippen molar-refractivity contribution in [3.05, 3.63) is 11.9 Å². The molecule has 0 spiro atoms. The molecule has 0 saturated carbocycles. The number of nitrogens with zero attached hydrogens (tertiary/aromatic N) is 1. The van der Waals surface area contributed by atoms with Crippen molar-refractivity contribution in [2.24, 2.45) is 0 Å². The maximum Gasteiger partial charge on any atom is 0.200 e. The van der Waals surface area contributed by atoms with Gasteiger partial charge in [0.15, 0.2) is 5.78 Å². The zero-order valence-electron chi connectivity index (χ0n) is 12.3. The molecule has 1 rings (SSSR count). The van der Waals surface area contributed by atoms with E-state index >= 15 is 0 Å². The Morgan fingerprint density at radius 1 is 1.16 bits per heavy atom. The van der Waals surface area contributed by atoms with E-state index in [9.17, 15) is 4.79 Å². The third-order valence-corrected chi connectivity index (χ3v) is 3.28. The van der Waals surface area contributed by atoms with E-state index in [1.165, 1.54) is 51.9 Å². The molecule has 0 unspecified atom stereocenters. The largest absolute Gasteiger partial charge is 0.356 e. The summed E-state index contributed by atoms with van der Waals surface area (Å²) in [6, 6.07) is 0. The number of aromatic nitrogens is 2. The molecule has 0 saturated heterocycles. The third-order valence-electron chi connectivity index (χ3n) is 3.28. The zero-order valence-corrected chi connectivity index (χ0v) is 12.3. The normalized spacial score (nSPS) is 10.6. The van der Waals surface area contributed by atoms with Gasteiger partial charge in [-0.2, -0.15) is 0 Å². The van der Waals surface area contributed by atoms with Crippen LogP contribution in [0.2, 0.25) is 0 Å². The van der Waals surface area contributed by atoms with Gasteiger partial charge in [0.25, 0.3) is 0 Å². The molecule has 1 aromatic rings. The molecule has 0 bridgehead atoms. The number of ketones is 1. The topological polar surface area (TPSA) is 57.8 Å². The van der Waals surface area contributed by atoms with E-state index in [2.05, 4.69) is 22.2 Å². The van der Waals surface area contributed by atoms with Crippen LogP contribution in [0.5, 0.6) is 0 Å². The molecular formula is C15H27N3O. The van der Waals surface area contributed by atoms with E-state index in [1.807, 2.05) is 0 Å². The molecule has 1 heterocycles. The molecule has 1 aromatic heterocycles. The van der Waals surface area contributed by atoms with Crippen LogP contribution in [0.4, 0.5) is 5.95 Å². The highest BCUT2D eigenvalue weighted by Crippen LogP contribution is 2.09. The van der Waals surface area contributed by atoms with Crippen LogP contribution in [0.3, 0.4) is 0 Å². The second-order valence-electron chi connectivity index (χ2n) is 5.10. The lowest BCUT2D eigenvalue weighted by atomic mass is 10.1. The fourth-order valence-electron chi connectivity index (χ4n) is 2.06. The summed E-state index contributed by atoms with van der Waals surface area (Å²) in [7, 11) is 0. The van der Waals surface area contributed by atoms with Crippen molar-refractivity contribution in [2.45, 2.75) is 65.2 Å². The van der Waals surface area contributed by atoms with Gasteiger partial charge in [0.05, 0.1) is 6.20 Å². The number of nitrogens with one attached hydrogen (secondary N) is 2. The average molecular weight is 265 g/mol. The zero-order chi connectivity index (χ0) is 13.9. The molecular weight excluding hydrogens is 238 g/mol. The van der Waals surface area contributed by atoms with Gasteiger partial charge >= 0.3 is 0 Å². The van der Waals surface area contributed by atoms with Crippen LogP contribution in [0.15, 0.2) is 6.20 Å². The van der Waals surface area contributed by atoms with Crippen molar-refractivity contribution < 1.29 is 4.79 Å². The molecule has 0 aliphatic carbocycles. The summed E-state index contributed by atoms with van der Waals surface area (Å²) < 4.78 is 0. The van der Waals surface area contributed by atoms with Gasteiger partial charge < -0.3 is 10.3 Å². The van der Waals surface area contributed by atoms with Crippen molar-refractivity contribution in [3.8, 4) is 0 Å². The van der Waals surface area contributed by atoms with Crippen molar-refractivity contribution in [3.63, 3.8) is 0 Å². The number of rotatable bonds is 11. The van der Waals surface area contributed by atoms with E-state index in [0.717, 1.165) is 13.0 Å². The summed E-state index contributed by atoms with van der Waals surface area (Å²) in [5, 5.41) is 3.21. The molecule has 2 N–H and O–H groups in total. The van der Waals surface area contributed by atoms with Crippen LogP contribution in [0, 0.1) is 0 Å². The Kier molecular flexibility index (Phi) is 7.94. The first-order valence-corrected chi connectivity index (χ1v) is 7.54. The standard InChI is InChI=1S/C15H27N3O/c1-3-4-5-6-7-8-9-10-11-16-15-17-12-14(18-15)13(2)19/h12H,3-11H2,1-2H3,(H2,16,17,18). The average Bonchev–Trinajstić information content (AvgIpc) is 2.86. The Morgan fingerprint density at radius 2 is 1.79 bits per heavy atom. The maximum absolute atomic E-state index is 11.1. The summed E-state index contributed by atoms with van der Waals surface area (Å²) in [5.74, 6) is 0.723. The molecule has 0 atom stereocenters. The lowest BCUT2D eigenvalue weighted by Crippen LogP contribution is -2.03. The van der Waals surface area contributed by atoms with Crippen LogP contribution < -0.4 is 5.32 Å². The maximum atomic E-state index is 11.1. The number of aromatic amines is 1. The molecule has 4 heteroatoms. The number of unbranched alkanes of at least 4 members (excludes halogenated alkanes) is 7. The summed E-state index contributed by atoms with van der Waals surface area (Å²) in [6.45, 7) is 4.70. The number of Topliss-reactive ketones (excluding diaryl/α,β-unsaturated/α-hetero) is 1. The van der Waals surface area contributed by atoms with Crippen LogP contribution in [0.1, 0.15) is 75.7 Å². The van der Waals surface area contributed by atoms with Gasteiger partial charge in [0, 0.05) is 13.5 Å². The number of carbonyl (C=O) groups is 1. The molecule has 0 radical (unpaired) electrons. The monoisotopic (exact) mass is 265 g/mol. The Morgan fingerprint density at radius 3 is 2.37 bits per heavy atom. The first-order chi connectivity index (χ1) is 9.24. The first-order valence-electron chi connectivity index (χ1n) is 7.54. The summed E-state index contributed by atoms with van der Waals surface area (Å²) in [4.78, 5) is 18.2. The van der Waals surface area contributed by atoms with Gasteiger partial charge in [-0.15, -0.1) is 0 Å². The number of anilines is 1. The Bertz CT molecular complexity index is 360. The van der Waals surface area contributed by atoms with Gasteiger partial charge in [-0.1, -0.05) is 51.9 Å². The number of imidazole rings is 1. The summed E-state index contributed by atoms with van der Waals surface area (Å²) in [5.41, 5.74) is 0.568. The Balaban J connectivity index is 1.97. The predicted molar refractivity (Wildman–Crippen MR) is 79.7 cm³/mol. The lowest BCUT2D eigenvalue weighted by molar-refractivity contribution is 0.101. The first kappa shape index (κ1) is 15.7. The highest BCUT2D eigenvalue weighted by molar-refractivity contribution is 5.92. The van der Waals surface area contributed by atoms with E-state index in [4.69, 9.17) is 0 Å². The lowest BCUT2D eigenvalue weighted by Gasteiger charge is -2.03. The van der Waals surface area contributed by atoms with Crippen LogP contribution in [0.25, 0.3) is 0 Å². The minimum Gasteiger partial charge on any atom is -0.356 e. The quantitative estimate of drug-likeness (QED) is 0.466. The highest BCUT2D eigenvalue weighted by Gasteiger charge is 2.03. The van der Waals surface area contributed by atoms with Gasteiger partial charge in [-0.3, -0.25) is 4.79 Å². The van der Waals surface area contributed by atoms with E-state index in [-0.39, 0.29) is 5.78 Å². The van der Waals surface area contributed by atoms with Crippen LogP contribution in [-0.4, -0.2) is 22.3 Å². The van der Waals surface area contributed by atoms with Gasteiger partial charge in [-0.25, -0.2) is 4.98 Å². The van der Waals surface area contributed by atoms with E-state index < -0.39 is 0 Å². The van der Waals surface area contributed by atoms with Crippen molar-refractivity contribution >= 4 is 11.7 Å². The van der Waals surface area contributed by atoms with Gasteiger partial charge in [0.1, 0.15) is 5.69 Å². The molecule has 0 fully saturated rings. The van der Waals surface area contributed by atoms with Crippen LogP contribution >= 0.6 is 0 Å². The van der Waals surface area contributed by atoms with Gasteiger partial charge in [0.2, 0.25) is 5.95 Å². The third kappa shape index (κ3) is 6.99. The minimum atomic E-state index is 0.0210. The fraction of sp³-hybridized carbons (Fsp3) is 0.733. The molecule has 108 valence electrons. The van der Waals surface area contributed by atoms with Gasteiger partial charge in [-0.05, 0) is 6.42 Å². The van der Waals surface area contributed by atoms with E-state index in [0.29, 0.717) is 11.6 Å². The Labute approximate surface area is 116 Å². The van der Waals surface area contributed by atoms with Crippen molar-refractivity contribution in [2.75, 3.05) is 11.9 Å². The molecule has 0 aliphatic heterocycles. The SMILES string of the molecule is CCCCCCCCCCNc1ncc(C(C)=O)[nH]1. The van der Waals surface area contributed by atoms with Crippen LogP contribution in [-0.2, 0) is 0 Å². The molecule has 0 aliphatic rings. The van der Waals surface area contributed by atoms with Crippen molar-refractivity contribution in [1.29, 1.82) is 0 Å². The molecule has 0 amide bonds.